The van der Waals surface area contributed by atoms with Crippen LogP contribution in [0.1, 0.15) is 40.5 Å². The Morgan fingerprint density at radius 1 is 1.14 bits per heavy atom. The summed E-state index contributed by atoms with van der Waals surface area (Å²) in [5.74, 6) is -1.43. The quantitative estimate of drug-likeness (QED) is 0.383. The highest BCUT2D eigenvalue weighted by Gasteiger charge is 2.38. The fourth-order valence-corrected chi connectivity index (χ4v) is 5.62. The molecule has 1 aromatic heterocycles. The summed E-state index contributed by atoms with van der Waals surface area (Å²) < 4.78 is 0. The van der Waals surface area contributed by atoms with Crippen molar-refractivity contribution in [3.8, 4) is 0 Å². The molecule has 0 bridgehead atoms. The van der Waals surface area contributed by atoms with Gasteiger partial charge in [-0.15, -0.1) is 11.3 Å². The zero-order chi connectivity index (χ0) is 26.5. The fraction of sp³-hybridized carbons (Fsp3) is 0.357. The average molecular weight is 542 g/mol. The van der Waals surface area contributed by atoms with Gasteiger partial charge in [0.2, 0.25) is 0 Å². The van der Waals surface area contributed by atoms with E-state index in [9.17, 15) is 19.8 Å². The number of benzene rings is 2. The minimum Gasteiger partial charge on any atom is -0.380 e. The lowest BCUT2D eigenvalue weighted by molar-refractivity contribution is -0.153. The number of carbonyl (C=O) groups excluding carboxylic acids is 2. The molecular formula is C28H32ClN3O4S. The molecule has 196 valence electrons. The predicted molar refractivity (Wildman–Crippen MR) is 147 cm³/mol. The summed E-state index contributed by atoms with van der Waals surface area (Å²) in [5, 5.41) is 26.4. The van der Waals surface area contributed by atoms with E-state index in [0.29, 0.717) is 18.0 Å². The first-order valence-electron chi connectivity index (χ1n) is 12.3. The highest BCUT2D eigenvalue weighted by Crippen LogP contribution is 2.34. The molecule has 0 radical (unpaired) electrons. The van der Waals surface area contributed by atoms with Crippen LogP contribution in [0.2, 0.25) is 5.02 Å². The van der Waals surface area contributed by atoms with Crippen LogP contribution in [-0.4, -0.2) is 59.8 Å². The first kappa shape index (κ1) is 27.1. The Kier molecular flexibility index (Phi) is 8.87. The average Bonchev–Trinajstić information content (AvgIpc) is 3.57. The monoisotopic (exact) mass is 541 g/mol. The second kappa shape index (κ2) is 12.1. The molecule has 0 spiro atoms. The molecule has 1 fully saturated rings. The maximum absolute atomic E-state index is 13.1. The Hall–Kier alpha value is -2.91. The van der Waals surface area contributed by atoms with Crippen molar-refractivity contribution in [2.24, 2.45) is 0 Å². The van der Waals surface area contributed by atoms with E-state index in [1.165, 1.54) is 11.3 Å². The highest BCUT2D eigenvalue weighted by atomic mass is 35.5. The second-order valence-corrected chi connectivity index (χ2v) is 10.9. The van der Waals surface area contributed by atoms with Crippen molar-refractivity contribution in [1.82, 2.24) is 10.2 Å². The van der Waals surface area contributed by atoms with Gasteiger partial charge in [0.1, 0.15) is 0 Å². The normalized spacial score (nSPS) is 16.9. The van der Waals surface area contributed by atoms with Gasteiger partial charge in [0.15, 0.2) is 12.2 Å². The number of likely N-dealkylation sites (tertiary alicyclic amines) is 1. The summed E-state index contributed by atoms with van der Waals surface area (Å²) in [6.07, 6.45) is -1.48. The van der Waals surface area contributed by atoms with Crippen LogP contribution in [0, 0.1) is 0 Å². The highest BCUT2D eigenvalue weighted by molar-refractivity contribution is 7.10. The maximum Gasteiger partial charge on any atom is 0.255 e. The van der Waals surface area contributed by atoms with E-state index in [-0.39, 0.29) is 12.6 Å². The van der Waals surface area contributed by atoms with Crippen LogP contribution in [-0.2, 0) is 22.6 Å². The van der Waals surface area contributed by atoms with Gasteiger partial charge in [0, 0.05) is 36.2 Å². The van der Waals surface area contributed by atoms with E-state index in [1.807, 2.05) is 79.0 Å². The molecule has 9 heteroatoms. The van der Waals surface area contributed by atoms with Crippen molar-refractivity contribution in [1.29, 1.82) is 0 Å². The van der Waals surface area contributed by atoms with Gasteiger partial charge in [-0.2, -0.15) is 0 Å². The lowest BCUT2D eigenvalue weighted by atomic mass is 10.0. The third-order valence-corrected chi connectivity index (χ3v) is 7.98. The first-order chi connectivity index (χ1) is 17.7. The number of nitrogens with zero attached hydrogens (tertiary/aromatic N) is 2. The summed E-state index contributed by atoms with van der Waals surface area (Å²) in [5.41, 5.74) is 4.06. The number of aliphatic hydroxyl groups excluding tert-OH is 2. The summed E-state index contributed by atoms with van der Waals surface area (Å²) in [4.78, 5) is 30.1. The van der Waals surface area contributed by atoms with E-state index in [2.05, 4.69) is 5.32 Å². The summed E-state index contributed by atoms with van der Waals surface area (Å²) in [6, 6.07) is 17.3. The predicted octanol–water partition coefficient (Wildman–Crippen LogP) is 3.76. The van der Waals surface area contributed by atoms with E-state index >= 15 is 0 Å². The minimum atomic E-state index is -1.86. The van der Waals surface area contributed by atoms with Gasteiger partial charge in [0.25, 0.3) is 11.8 Å². The number of aliphatic hydroxyl groups is 2. The van der Waals surface area contributed by atoms with Crippen molar-refractivity contribution in [2.75, 3.05) is 25.5 Å². The van der Waals surface area contributed by atoms with Crippen molar-refractivity contribution in [2.45, 2.75) is 44.1 Å². The molecule has 2 aromatic carbocycles. The van der Waals surface area contributed by atoms with Gasteiger partial charge in [-0.3, -0.25) is 9.59 Å². The van der Waals surface area contributed by atoms with Gasteiger partial charge < -0.3 is 25.3 Å². The molecule has 3 atom stereocenters. The molecule has 0 unspecified atom stereocenters. The maximum atomic E-state index is 13.1. The van der Waals surface area contributed by atoms with Crippen LogP contribution in [0.3, 0.4) is 0 Å². The molecule has 0 aliphatic carbocycles. The SMILES string of the molecule is CN(C)c1cccc([C@H]2CCCN2C(=O)[C@H](O)[C@@H](O)C(=O)NCc2cc(Cc3ccccc3Cl)cs2)c1. The number of thiophene rings is 1. The molecular weight excluding hydrogens is 510 g/mol. The van der Waals surface area contributed by atoms with Gasteiger partial charge in [-0.25, -0.2) is 0 Å². The Bertz CT molecular complexity index is 1250. The number of amides is 2. The van der Waals surface area contributed by atoms with Gasteiger partial charge in [-0.1, -0.05) is 41.9 Å². The molecule has 2 amide bonds. The van der Waals surface area contributed by atoms with E-state index in [0.717, 1.165) is 40.1 Å². The minimum absolute atomic E-state index is 0.188. The zero-order valence-electron chi connectivity index (χ0n) is 20.9. The molecule has 3 N–H and O–H groups in total. The molecule has 3 aromatic rings. The number of hydrogen-bond acceptors (Lipinski definition) is 6. The number of rotatable bonds is 9. The number of nitrogens with one attached hydrogen (secondary N) is 1. The Morgan fingerprint density at radius 3 is 2.68 bits per heavy atom. The van der Waals surface area contributed by atoms with Gasteiger partial charge >= 0.3 is 0 Å². The lowest BCUT2D eigenvalue weighted by Crippen LogP contribution is -2.50. The number of anilines is 1. The standard InChI is InChI=1S/C28H32ClN3O4S/c1-31(2)21-9-5-8-20(15-21)24-11-6-12-32(24)28(36)26(34)25(33)27(35)30-16-22-14-18(17-37-22)13-19-7-3-4-10-23(19)29/h3-5,7-10,14-15,17,24-26,33-34H,6,11-13,16H2,1-2H3,(H,30,35)/t24-,25-,26-/m1/s1. The third-order valence-electron chi connectivity index (χ3n) is 6.63. The zero-order valence-corrected chi connectivity index (χ0v) is 22.5. The van der Waals surface area contributed by atoms with Crippen LogP contribution in [0.4, 0.5) is 5.69 Å². The second-order valence-electron chi connectivity index (χ2n) is 9.48. The third kappa shape index (κ3) is 6.51. The molecule has 37 heavy (non-hydrogen) atoms. The summed E-state index contributed by atoms with van der Waals surface area (Å²) >= 11 is 7.73. The molecule has 7 nitrogen and oxygen atoms in total. The van der Waals surface area contributed by atoms with E-state index in [4.69, 9.17) is 11.6 Å². The number of halogens is 1. The smallest absolute Gasteiger partial charge is 0.255 e. The van der Waals surface area contributed by atoms with Crippen molar-refractivity contribution < 1.29 is 19.8 Å². The Morgan fingerprint density at radius 2 is 1.92 bits per heavy atom. The molecule has 1 aliphatic heterocycles. The van der Waals surface area contributed by atoms with Crippen LogP contribution in [0.15, 0.2) is 60.0 Å². The Labute approximate surface area is 226 Å². The van der Waals surface area contributed by atoms with E-state index < -0.39 is 24.0 Å². The molecule has 1 aliphatic rings. The van der Waals surface area contributed by atoms with Crippen molar-refractivity contribution >= 4 is 40.4 Å². The first-order valence-corrected chi connectivity index (χ1v) is 13.5. The summed E-state index contributed by atoms with van der Waals surface area (Å²) in [6.45, 7) is 0.651. The molecule has 1 saturated heterocycles. The van der Waals surface area contributed by atoms with E-state index in [1.54, 1.807) is 4.90 Å². The topological polar surface area (TPSA) is 93.1 Å². The lowest BCUT2D eigenvalue weighted by Gasteiger charge is -2.29. The number of carbonyl (C=O) groups is 2. The summed E-state index contributed by atoms with van der Waals surface area (Å²) in [7, 11) is 3.90. The molecule has 0 saturated carbocycles. The van der Waals surface area contributed by atoms with Crippen molar-refractivity contribution in [3.05, 3.63) is 86.6 Å². The Balaban J connectivity index is 1.33. The largest absolute Gasteiger partial charge is 0.380 e. The van der Waals surface area contributed by atoms with Crippen LogP contribution < -0.4 is 10.2 Å². The fourth-order valence-electron chi connectivity index (χ4n) is 4.59. The van der Waals surface area contributed by atoms with Crippen LogP contribution >= 0.6 is 22.9 Å². The molecule has 4 rings (SSSR count). The van der Waals surface area contributed by atoms with Crippen LogP contribution in [0.5, 0.6) is 0 Å². The van der Waals surface area contributed by atoms with Gasteiger partial charge in [-0.05, 0) is 65.6 Å². The van der Waals surface area contributed by atoms with Crippen LogP contribution in [0.25, 0.3) is 0 Å². The van der Waals surface area contributed by atoms with Crippen molar-refractivity contribution in [3.63, 3.8) is 0 Å². The number of hydrogen-bond donors (Lipinski definition) is 3. The molecule has 2 heterocycles. The van der Waals surface area contributed by atoms with Gasteiger partial charge in [0.05, 0.1) is 12.6 Å².